The molecule has 4 rings (SSSR count). The first-order valence-corrected chi connectivity index (χ1v) is 8.46. The van der Waals surface area contributed by atoms with Gasteiger partial charge in [0.15, 0.2) is 5.65 Å². The molecule has 5 nitrogen and oxygen atoms in total. The lowest BCUT2D eigenvalue weighted by Gasteiger charge is -2.32. The number of rotatable bonds is 2. The van der Waals surface area contributed by atoms with Crippen LogP contribution in [0.4, 0.5) is 5.82 Å². The third kappa shape index (κ3) is 2.30. The van der Waals surface area contributed by atoms with Crippen LogP contribution in [-0.4, -0.2) is 35.7 Å². The summed E-state index contributed by atoms with van der Waals surface area (Å²) in [5.41, 5.74) is 6.17. The molecule has 2 aromatic heterocycles. The largest absolute Gasteiger partial charge is 0.378 e. The third-order valence-corrected chi connectivity index (χ3v) is 4.82. The summed E-state index contributed by atoms with van der Waals surface area (Å²) in [6.07, 6.45) is 0. The Labute approximate surface area is 146 Å². The van der Waals surface area contributed by atoms with Crippen LogP contribution in [0.5, 0.6) is 0 Å². The number of ether oxygens (including phenoxy) is 1. The van der Waals surface area contributed by atoms with E-state index in [1.807, 2.05) is 32.0 Å². The van der Waals surface area contributed by atoms with Gasteiger partial charge in [0, 0.05) is 18.7 Å². The van der Waals surface area contributed by atoms with Crippen LogP contribution in [0.15, 0.2) is 30.8 Å². The average molecular weight is 332 g/mol. The molecule has 0 saturated carbocycles. The highest BCUT2D eigenvalue weighted by atomic mass is 16.5. The number of aromatic nitrogens is 2. The number of allylic oxidation sites excluding steroid dienone is 1. The van der Waals surface area contributed by atoms with Gasteiger partial charge in [0.1, 0.15) is 11.9 Å². The zero-order valence-electron chi connectivity index (χ0n) is 14.5. The van der Waals surface area contributed by atoms with Crippen LogP contribution in [0.3, 0.4) is 0 Å². The van der Waals surface area contributed by atoms with Gasteiger partial charge in [0.25, 0.3) is 0 Å². The third-order valence-electron chi connectivity index (χ3n) is 4.82. The molecule has 0 bridgehead atoms. The second-order valence-electron chi connectivity index (χ2n) is 6.45. The van der Waals surface area contributed by atoms with Crippen molar-refractivity contribution < 1.29 is 4.74 Å². The second kappa shape index (κ2) is 5.91. The molecule has 0 amide bonds. The van der Waals surface area contributed by atoms with E-state index < -0.39 is 0 Å². The molecular weight excluding hydrogens is 312 g/mol. The summed E-state index contributed by atoms with van der Waals surface area (Å²) in [4.78, 5) is 7.08. The van der Waals surface area contributed by atoms with Gasteiger partial charge in [-0.15, -0.1) is 0 Å². The number of hydrogen-bond acceptors (Lipinski definition) is 4. The summed E-state index contributed by atoms with van der Waals surface area (Å²) in [6, 6.07) is 10.4. The normalized spacial score (nSPS) is 14.8. The van der Waals surface area contributed by atoms with Crippen LogP contribution in [0.1, 0.15) is 23.6 Å². The lowest BCUT2D eigenvalue weighted by Crippen LogP contribution is -2.38. The topological polar surface area (TPSA) is 53.6 Å². The molecule has 126 valence electrons. The first-order chi connectivity index (χ1) is 12.1. The first kappa shape index (κ1) is 15.7. The van der Waals surface area contributed by atoms with Crippen molar-refractivity contribution in [2.24, 2.45) is 0 Å². The van der Waals surface area contributed by atoms with Crippen molar-refractivity contribution in [1.29, 1.82) is 5.26 Å². The molecule has 3 heterocycles. The van der Waals surface area contributed by atoms with Crippen LogP contribution < -0.4 is 4.90 Å². The van der Waals surface area contributed by atoms with E-state index in [4.69, 9.17) is 9.72 Å². The maximum Gasteiger partial charge on any atom is 0.157 e. The molecule has 0 unspecified atom stereocenters. The van der Waals surface area contributed by atoms with E-state index >= 15 is 0 Å². The van der Waals surface area contributed by atoms with E-state index in [2.05, 4.69) is 28.0 Å². The average Bonchev–Trinajstić information content (AvgIpc) is 3.00. The van der Waals surface area contributed by atoms with Gasteiger partial charge in [-0.1, -0.05) is 18.7 Å². The van der Waals surface area contributed by atoms with E-state index in [1.54, 1.807) is 0 Å². The predicted octanol–water partition coefficient (Wildman–Crippen LogP) is 3.54. The second-order valence-corrected chi connectivity index (χ2v) is 6.45. The van der Waals surface area contributed by atoms with E-state index in [0.29, 0.717) is 24.4 Å². The smallest absolute Gasteiger partial charge is 0.157 e. The van der Waals surface area contributed by atoms with E-state index in [0.717, 1.165) is 46.6 Å². The van der Waals surface area contributed by atoms with Crippen molar-refractivity contribution in [2.45, 2.75) is 13.8 Å². The number of hydrogen-bond donors (Lipinski definition) is 0. The standard InChI is InChI=1S/C20H20N4O/c1-13(2)18-14(3)15(12-21)19-22-16-6-4-5-7-17(16)24(19)20(18)23-8-10-25-11-9-23/h4-7H,1,8-11H2,2-3H3. The van der Waals surface area contributed by atoms with Crippen molar-refractivity contribution in [1.82, 2.24) is 9.38 Å². The Morgan fingerprint density at radius 1 is 1.28 bits per heavy atom. The zero-order valence-corrected chi connectivity index (χ0v) is 14.5. The van der Waals surface area contributed by atoms with Crippen LogP contribution in [0, 0.1) is 18.3 Å². The molecule has 0 spiro atoms. The molecule has 3 aromatic rings. The molecule has 0 N–H and O–H groups in total. The number of morpholine rings is 1. The highest BCUT2D eigenvalue weighted by Gasteiger charge is 2.25. The first-order valence-electron chi connectivity index (χ1n) is 8.46. The Kier molecular flexibility index (Phi) is 3.70. The van der Waals surface area contributed by atoms with Gasteiger partial charge in [-0.05, 0) is 37.1 Å². The summed E-state index contributed by atoms with van der Waals surface area (Å²) in [7, 11) is 0. The van der Waals surface area contributed by atoms with Gasteiger partial charge in [0.2, 0.25) is 0 Å². The van der Waals surface area contributed by atoms with Gasteiger partial charge < -0.3 is 9.64 Å². The number of para-hydroxylation sites is 2. The van der Waals surface area contributed by atoms with E-state index in [1.165, 1.54) is 0 Å². The molecule has 5 heteroatoms. The molecular formula is C20H20N4O. The van der Waals surface area contributed by atoms with Crippen LogP contribution >= 0.6 is 0 Å². The summed E-state index contributed by atoms with van der Waals surface area (Å²) in [5.74, 6) is 1.07. The number of imidazole rings is 1. The molecule has 0 radical (unpaired) electrons. The van der Waals surface area contributed by atoms with Crippen molar-refractivity contribution >= 4 is 28.1 Å². The summed E-state index contributed by atoms with van der Waals surface area (Å²) in [5, 5.41) is 9.78. The minimum atomic E-state index is 0.617. The number of pyridine rings is 1. The SMILES string of the molecule is C=C(C)c1c(C)c(C#N)c2nc3ccccc3n2c1N1CCOCC1. The fourth-order valence-corrected chi connectivity index (χ4v) is 3.70. The maximum absolute atomic E-state index is 9.78. The van der Waals surface area contributed by atoms with Crippen molar-refractivity contribution in [2.75, 3.05) is 31.2 Å². The Hall–Kier alpha value is -2.84. The number of nitriles is 1. The molecule has 1 fully saturated rings. The molecule has 1 aliphatic heterocycles. The van der Waals surface area contributed by atoms with Crippen molar-refractivity contribution in [3.63, 3.8) is 0 Å². The van der Waals surface area contributed by atoms with Crippen molar-refractivity contribution in [3.8, 4) is 6.07 Å². The summed E-state index contributed by atoms with van der Waals surface area (Å²) >= 11 is 0. The van der Waals surface area contributed by atoms with E-state index in [9.17, 15) is 5.26 Å². The van der Waals surface area contributed by atoms with Gasteiger partial charge in [0.05, 0.1) is 29.8 Å². The zero-order chi connectivity index (χ0) is 17.6. The molecule has 0 atom stereocenters. The quantitative estimate of drug-likeness (QED) is 0.720. The Morgan fingerprint density at radius 2 is 2.00 bits per heavy atom. The van der Waals surface area contributed by atoms with Crippen LogP contribution in [0.25, 0.3) is 22.3 Å². The number of anilines is 1. The monoisotopic (exact) mass is 332 g/mol. The molecule has 1 aromatic carbocycles. The molecule has 1 aliphatic rings. The molecule has 1 saturated heterocycles. The molecule has 0 aliphatic carbocycles. The summed E-state index contributed by atoms with van der Waals surface area (Å²) < 4.78 is 7.66. The minimum absolute atomic E-state index is 0.617. The lowest BCUT2D eigenvalue weighted by atomic mass is 9.99. The Morgan fingerprint density at radius 3 is 2.68 bits per heavy atom. The Bertz CT molecular complexity index is 1040. The lowest BCUT2D eigenvalue weighted by molar-refractivity contribution is 0.122. The highest BCUT2D eigenvalue weighted by Crippen LogP contribution is 2.36. The maximum atomic E-state index is 9.78. The van der Waals surface area contributed by atoms with Gasteiger partial charge in [-0.3, -0.25) is 4.40 Å². The predicted molar refractivity (Wildman–Crippen MR) is 99.9 cm³/mol. The number of nitrogens with zero attached hydrogens (tertiary/aromatic N) is 4. The van der Waals surface area contributed by atoms with Crippen LogP contribution in [0.2, 0.25) is 0 Å². The molecule has 25 heavy (non-hydrogen) atoms. The number of benzene rings is 1. The highest BCUT2D eigenvalue weighted by molar-refractivity contribution is 5.90. The van der Waals surface area contributed by atoms with Crippen LogP contribution in [-0.2, 0) is 4.74 Å². The van der Waals surface area contributed by atoms with E-state index in [-0.39, 0.29) is 0 Å². The fraction of sp³-hybridized carbons (Fsp3) is 0.300. The number of fused-ring (bicyclic) bond motifs is 3. The van der Waals surface area contributed by atoms with Gasteiger partial charge in [-0.2, -0.15) is 5.26 Å². The Balaban J connectivity index is 2.21. The van der Waals surface area contributed by atoms with Gasteiger partial charge >= 0.3 is 0 Å². The minimum Gasteiger partial charge on any atom is -0.378 e. The summed E-state index contributed by atoms with van der Waals surface area (Å²) in [6.45, 7) is 11.2. The van der Waals surface area contributed by atoms with Crippen molar-refractivity contribution in [3.05, 3.63) is 47.5 Å². The fourth-order valence-electron chi connectivity index (χ4n) is 3.70. The van der Waals surface area contributed by atoms with Gasteiger partial charge in [-0.25, -0.2) is 4.98 Å².